The standard InChI is InChI=1S/C6H14N.2C2H5.Ga/c1-4-5-6-7(2)3;2*1-2;/h1,4-6H2,2-3H3;2*1H2,2H3;. The summed E-state index contributed by atoms with van der Waals surface area (Å²) in [6, 6.07) is 0. The van der Waals surface area contributed by atoms with Gasteiger partial charge in [-0.1, -0.05) is 0 Å². The van der Waals surface area contributed by atoms with E-state index in [0.29, 0.717) is 0 Å². The van der Waals surface area contributed by atoms with Crippen LogP contribution in [0.5, 0.6) is 0 Å². The molecule has 0 heterocycles. The average Bonchev–Trinajstić information content (AvgIpc) is 2.04. The Morgan fingerprint density at radius 3 is 2.00 bits per heavy atom. The van der Waals surface area contributed by atoms with Gasteiger partial charge in [0.2, 0.25) is 0 Å². The number of hydrogen-bond donors (Lipinski definition) is 0. The Morgan fingerprint density at radius 1 is 1.00 bits per heavy atom. The molecule has 0 atom stereocenters. The van der Waals surface area contributed by atoms with E-state index in [1.165, 1.54) is 19.4 Å². The van der Waals surface area contributed by atoms with Gasteiger partial charge < -0.3 is 0 Å². The van der Waals surface area contributed by atoms with E-state index < -0.39 is 16.2 Å². The van der Waals surface area contributed by atoms with Gasteiger partial charge in [0, 0.05) is 0 Å². The molecule has 0 saturated heterocycles. The molecule has 0 rings (SSSR count). The van der Waals surface area contributed by atoms with Crippen LogP contribution in [0.3, 0.4) is 0 Å². The van der Waals surface area contributed by atoms with Crippen LogP contribution < -0.4 is 0 Å². The van der Waals surface area contributed by atoms with Crippen LogP contribution in [0.25, 0.3) is 0 Å². The number of hydrogen-bond acceptors (Lipinski definition) is 1. The van der Waals surface area contributed by atoms with E-state index in [2.05, 4.69) is 32.8 Å². The van der Waals surface area contributed by atoms with Crippen molar-refractivity contribution in [2.24, 2.45) is 0 Å². The van der Waals surface area contributed by atoms with Gasteiger partial charge in [-0.2, -0.15) is 0 Å². The van der Waals surface area contributed by atoms with Gasteiger partial charge in [-0.25, -0.2) is 0 Å². The summed E-state index contributed by atoms with van der Waals surface area (Å²) in [7, 11) is 4.33. The van der Waals surface area contributed by atoms with Crippen molar-refractivity contribution >= 4 is 16.2 Å². The maximum absolute atomic E-state index is 2.39. The van der Waals surface area contributed by atoms with E-state index in [4.69, 9.17) is 0 Å². The van der Waals surface area contributed by atoms with Crippen molar-refractivity contribution in [2.75, 3.05) is 20.6 Å². The Labute approximate surface area is 83.6 Å². The monoisotopic (exact) mass is 227 g/mol. The summed E-state index contributed by atoms with van der Waals surface area (Å²) < 4.78 is 0. The zero-order valence-corrected chi connectivity index (χ0v) is 11.7. The van der Waals surface area contributed by atoms with E-state index in [0.717, 1.165) is 0 Å². The Morgan fingerprint density at radius 2 is 1.58 bits per heavy atom. The van der Waals surface area contributed by atoms with Gasteiger partial charge in [-0.3, -0.25) is 0 Å². The molecule has 0 amide bonds. The molecule has 0 unspecified atom stereocenters. The molecule has 1 nitrogen and oxygen atoms in total. The minimum atomic E-state index is -0.712. The minimum absolute atomic E-state index is 0.712. The predicted molar refractivity (Wildman–Crippen MR) is 59.3 cm³/mol. The van der Waals surface area contributed by atoms with Crippen molar-refractivity contribution in [3.05, 3.63) is 0 Å². The van der Waals surface area contributed by atoms with Gasteiger partial charge in [0.1, 0.15) is 0 Å². The second kappa shape index (κ2) is 8.21. The average molecular weight is 228 g/mol. The van der Waals surface area contributed by atoms with Crippen molar-refractivity contribution in [1.29, 1.82) is 0 Å². The third-order valence-corrected chi connectivity index (χ3v) is 10.0. The first kappa shape index (κ1) is 12.6. The summed E-state index contributed by atoms with van der Waals surface area (Å²) in [6.45, 7) is 6.06. The van der Waals surface area contributed by atoms with Crippen molar-refractivity contribution in [3.63, 3.8) is 0 Å². The van der Waals surface area contributed by atoms with Gasteiger partial charge in [0.15, 0.2) is 0 Å². The summed E-state index contributed by atoms with van der Waals surface area (Å²) in [5, 5.41) is 0. The molecular formula is C10H24GaN. The molecule has 72 valence electrons. The zero-order valence-electron chi connectivity index (χ0n) is 9.27. The van der Waals surface area contributed by atoms with Gasteiger partial charge in [0.05, 0.1) is 0 Å². The molecule has 12 heavy (non-hydrogen) atoms. The second-order valence-corrected chi connectivity index (χ2v) is 12.3. The maximum atomic E-state index is 2.39. The molecule has 0 bridgehead atoms. The van der Waals surface area contributed by atoms with Gasteiger partial charge in [0.25, 0.3) is 0 Å². The quantitative estimate of drug-likeness (QED) is 0.478. The van der Waals surface area contributed by atoms with Gasteiger partial charge in [-0.05, 0) is 0 Å². The third-order valence-electron chi connectivity index (χ3n) is 2.62. The van der Waals surface area contributed by atoms with Crippen molar-refractivity contribution in [3.8, 4) is 0 Å². The number of rotatable bonds is 7. The fourth-order valence-electron chi connectivity index (χ4n) is 1.56. The molecule has 2 heteroatoms. The summed E-state index contributed by atoms with van der Waals surface area (Å²) in [5.74, 6) is 0. The zero-order chi connectivity index (χ0) is 9.40. The van der Waals surface area contributed by atoms with E-state index >= 15 is 0 Å². The first-order valence-corrected chi connectivity index (χ1v) is 10.5. The normalized spacial score (nSPS) is 10.8. The van der Waals surface area contributed by atoms with E-state index in [1.54, 1.807) is 14.9 Å². The molecule has 0 spiro atoms. The molecule has 0 aliphatic carbocycles. The third kappa shape index (κ3) is 7.26. The van der Waals surface area contributed by atoms with Crippen LogP contribution in [0.15, 0.2) is 0 Å². The topological polar surface area (TPSA) is 3.24 Å². The predicted octanol–water partition coefficient (Wildman–Crippen LogP) is 2.86. The van der Waals surface area contributed by atoms with Gasteiger partial charge in [-0.15, -0.1) is 0 Å². The number of nitrogens with zero attached hydrogens (tertiary/aromatic N) is 1. The SMILES string of the molecule is C[CH2][Ga]([CH2]C)[CH2]CCCN(C)C. The molecule has 0 aromatic heterocycles. The first-order chi connectivity index (χ1) is 5.70. The van der Waals surface area contributed by atoms with Gasteiger partial charge >= 0.3 is 83.4 Å². The molecule has 0 fully saturated rings. The molecule has 0 radical (unpaired) electrons. The van der Waals surface area contributed by atoms with Crippen LogP contribution in [0.2, 0.25) is 14.9 Å². The molecule has 0 aliphatic rings. The van der Waals surface area contributed by atoms with Crippen LogP contribution in [0, 0.1) is 0 Å². The fraction of sp³-hybridized carbons (Fsp3) is 1.00. The van der Waals surface area contributed by atoms with Crippen LogP contribution in [0.1, 0.15) is 26.7 Å². The molecule has 0 aromatic carbocycles. The van der Waals surface area contributed by atoms with Crippen molar-refractivity contribution in [2.45, 2.75) is 41.6 Å². The summed E-state index contributed by atoms with van der Waals surface area (Å²) in [6.07, 6.45) is 2.90. The van der Waals surface area contributed by atoms with Crippen molar-refractivity contribution in [1.82, 2.24) is 4.90 Å². The number of unbranched alkanes of at least 4 members (excludes halogenated alkanes) is 1. The molecule has 0 N–H and O–H groups in total. The van der Waals surface area contributed by atoms with E-state index in [9.17, 15) is 0 Å². The Kier molecular flexibility index (Phi) is 8.61. The van der Waals surface area contributed by atoms with E-state index in [-0.39, 0.29) is 0 Å². The Bertz CT molecular complexity index is 89.8. The first-order valence-electron chi connectivity index (χ1n) is 5.35. The van der Waals surface area contributed by atoms with Crippen LogP contribution >= 0.6 is 0 Å². The molecule has 0 aromatic rings. The van der Waals surface area contributed by atoms with E-state index in [1.807, 2.05) is 0 Å². The van der Waals surface area contributed by atoms with Crippen LogP contribution in [0.4, 0.5) is 0 Å². The Hall–Kier alpha value is 0.596. The molecule has 0 aliphatic heterocycles. The van der Waals surface area contributed by atoms with Crippen molar-refractivity contribution < 1.29 is 0 Å². The Balaban J connectivity index is 3.17. The molecule has 0 saturated carbocycles. The van der Waals surface area contributed by atoms with Crippen LogP contribution in [-0.4, -0.2) is 41.8 Å². The summed E-state index contributed by atoms with van der Waals surface area (Å²) >= 11 is -0.712. The summed E-state index contributed by atoms with van der Waals surface area (Å²) in [5.41, 5.74) is 0. The molecular weight excluding hydrogens is 204 g/mol. The fourth-order valence-corrected chi connectivity index (χ4v) is 6.30. The second-order valence-electron chi connectivity index (χ2n) is 3.98. The summed E-state index contributed by atoms with van der Waals surface area (Å²) in [4.78, 5) is 7.00. The van der Waals surface area contributed by atoms with Crippen LogP contribution in [-0.2, 0) is 0 Å².